The number of rotatable bonds is 3. The Hall–Kier alpha value is -1.06. The minimum absolute atomic E-state index is 0.185. The van der Waals surface area contributed by atoms with E-state index < -0.39 is 11.4 Å². The molecule has 0 radical (unpaired) electrons. The van der Waals surface area contributed by atoms with Crippen molar-refractivity contribution >= 4 is 11.9 Å². The molecule has 1 amide bonds. The van der Waals surface area contributed by atoms with Crippen LogP contribution < -0.4 is 0 Å². The van der Waals surface area contributed by atoms with E-state index >= 15 is 0 Å². The van der Waals surface area contributed by atoms with E-state index in [-0.39, 0.29) is 5.91 Å². The third-order valence-electron chi connectivity index (χ3n) is 3.51. The highest BCUT2D eigenvalue weighted by molar-refractivity contribution is 6.04. The summed E-state index contributed by atoms with van der Waals surface area (Å²) in [7, 11) is 1.73. The SMILES string of the molecule is CN(C(=O)C1(C(=O)O)CC1)C1CCC1. The number of carbonyl (C=O) groups excluding carboxylic acids is 1. The third-order valence-corrected chi connectivity index (χ3v) is 3.51. The van der Waals surface area contributed by atoms with Gasteiger partial charge in [-0.05, 0) is 32.1 Å². The molecule has 0 aromatic heterocycles. The van der Waals surface area contributed by atoms with Crippen LogP contribution in [0.25, 0.3) is 0 Å². The molecule has 2 fully saturated rings. The van der Waals surface area contributed by atoms with Crippen LogP contribution in [-0.2, 0) is 9.59 Å². The van der Waals surface area contributed by atoms with Crippen molar-refractivity contribution in [3.63, 3.8) is 0 Å². The van der Waals surface area contributed by atoms with Crippen LogP contribution in [0.15, 0.2) is 0 Å². The van der Waals surface area contributed by atoms with Gasteiger partial charge >= 0.3 is 5.97 Å². The van der Waals surface area contributed by atoms with Gasteiger partial charge in [-0.3, -0.25) is 9.59 Å². The van der Waals surface area contributed by atoms with Crippen LogP contribution in [0.3, 0.4) is 0 Å². The molecule has 2 aliphatic carbocycles. The molecule has 2 saturated carbocycles. The van der Waals surface area contributed by atoms with E-state index in [0.717, 1.165) is 19.3 Å². The molecule has 1 N–H and O–H groups in total. The van der Waals surface area contributed by atoms with Gasteiger partial charge in [-0.2, -0.15) is 0 Å². The molecule has 2 rings (SSSR count). The van der Waals surface area contributed by atoms with Gasteiger partial charge in [0.15, 0.2) is 0 Å². The molecule has 4 nitrogen and oxygen atoms in total. The highest BCUT2D eigenvalue weighted by Gasteiger charge is 2.58. The molecule has 0 aromatic carbocycles. The Kier molecular flexibility index (Phi) is 2.01. The molecule has 14 heavy (non-hydrogen) atoms. The highest BCUT2D eigenvalue weighted by atomic mass is 16.4. The van der Waals surface area contributed by atoms with Crippen LogP contribution in [0.4, 0.5) is 0 Å². The maximum absolute atomic E-state index is 11.8. The van der Waals surface area contributed by atoms with E-state index in [1.807, 2.05) is 0 Å². The Bertz CT molecular complexity index is 279. The molecule has 78 valence electrons. The summed E-state index contributed by atoms with van der Waals surface area (Å²) in [6.45, 7) is 0. The van der Waals surface area contributed by atoms with Crippen molar-refractivity contribution < 1.29 is 14.7 Å². The number of carboxylic acid groups (broad SMARTS) is 1. The number of aliphatic carboxylic acids is 1. The lowest BCUT2D eigenvalue weighted by atomic mass is 9.90. The zero-order valence-corrected chi connectivity index (χ0v) is 8.32. The minimum Gasteiger partial charge on any atom is -0.480 e. The van der Waals surface area contributed by atoms with Crippen molar-refractivity contribution in [2.75, 3.05) is 7.05 Å². The van der Waals surface area contributed by atoms with Gasteiger partial charge in [0, 0.05) is 13.1 Å². The molecule has 0 aliphatic heterocycles. The number of carboxylic acids is 1. The van der Waals surface area contributed by atoms with Crippen molar-refractivity contribution in [1.82, 2.24) is 4.90 Å². The fourth-order valence-electron chi connectivity index (χ4n) is 1.92. The van der Waals surface area contributed by atoms with Gasteiger partial charge in [0.25, 0.3) is 0 Å². The summed E-state index contributed by atoms with van der Waals surface area (Å²) in [5.74, 6) is -1.14. The first-order valence-electron chi connectivity index (χ1n) is 5.08. The molecule has 0 bridgehead atoms. The monoisotopic (exact) mass is 197 g/mol. The summed E-state index contributed by atoms with van der Waals surface area (Å²) in [5, 5.41) is 8.95. The van der Waals surface area contributed by atoms with Crippen LogP contribution in [0.2, 0.25) is 0 Å². The van der Waals surface area contributed by atoms with Gasteiger partial charge in [0.05, 0.1) is 0 Å². The Morgan fingerprint density at radius 3 is 2.21 bits per heavy atom. The zero-order valence-electron chi connectivity index (χ0n) is 8.32. The van der Waals surface area contributed by atoms with Crippen molar-refractivity contribution in [3.05, 3.63) is 0 Å². The molecule has 4 heteroatoms. The van der Waals surface area contributed by atoms with E-state index in [1.54, 1.807) is 11.9 Å². The molecule has 0 atom stereocenters. The van der Waals surface area contributed by atoms with E-state index in [2.05, 4.69) is 0 Å². The Morgan fingerprint density at radius 2 is 1.93 bits per heavy atom. The maximum atomic E-state index is 11.8. The average molecular weight is 197 g/mol. The summed E-state index contributed by atoms with van der Waals surface area (Å²) < 4.78 is 0. The summed E-state index contributed by atoms with van der Waals surface area (Å²) in [6.07, 6.45) is 4.23. The Morgan fingerprint density at radius 1 is 1.36 bits per heavy atom. The van der Waals surface area contributed by atoms with Crippen LogP contribution in [0.1, 0.15) is 32.1 Å². The lowest BCUT2D eigenvalue weighted by Gasteiger charge is -2.36. The maximum Gasteiger partial charge on any atom is 0.319 e. The Labute approximate surface area is 82.9 Å². The lowest BCUT2D eigenvalue weighted by Crippen LogP contribution is -2.46. The van der Waals surface area contributed by atoms with Crippen molar-refractivity contribution in [1.29, 1.82) is 0 Å². The summed E-state index contributed by atoms with van der Waals surface area (Å²) >= 11 is 0. The normalized spacial score (nSPS) is 23.8. The third kappa shape index (κ3) is 1.21. The first-order valence-corrected chi connectivity index (χ1v) is 5.08. The molecule has 0 unspecified atom stereocenters. The Balaban J connectivity index is 2.04. The minimum atomic E-state index is -1.05. The van der Waals surface area contributed by atoms with Gasteiger partial charge < -0.3 is 10.0 Å². The van der Waals surface area contributed by atoms with Crippen molar-refractivity contribution in [2.24, 2.45) is 5.41 Å². The van der Waals surface area contributed by atoms with Crippen molar-refractivity contribution in [3.8, 4) is 0 Å². The van der Waals surface area contributed by atoms with E-state index in [1.165, 1.54) is 0 Å². The quantitative estimate of drug-likeness (QED) is 0.683. The van der Waals surface area contributed by atoms with Gasteiger partial charge in [-0.15, -0.1) is 0 Å². The largest absolute Gasteiger partial charge is 0.480 e. The number of nitrogens with zero attached hydrogens (tertiary/aromatic N) is 1. The molecular formula is C10H15NO3. The van der Waals surface area contributed by atoms with E-state index in [9.17, 15) is 9.59 Å². The van der Waals surface area contributed by atoms with Crippen LogP contribution in [-0.4, -0.2) is 35.0 Å². The lowest BCUT2D eigenvalue weighted by molar-refractivity contribution is -0.154. The average Bonchev–Trinajstić information content (AvgIpc) is 2.79. The fourth-order valence-corrected chi connectivity index (χ4v) is 1.92. The summed E-state index contributed by atoms with van der Waals surface area (Å²) in [5.41, 5.74) is -1.05. The second-order valence-corrected chi connectivity index (χ2v) is 4.39. The van der Waals surface area contributed by atoms with Crippen LogP contribution in [0.5, 0.6) is 0 Å². The predicted octanol–water partition coefficient (Wildman–Crippen LogP) is 0.862. The van der Waals surface area contributed by atoms with Gasteiger partial charge in [-0.1, -0.05) is 0 Å². The second-order valence-electron chi connectivity index (χ2n) is 4.39. The van der Waals surface area contributed by atoms with E-state index in [4.69, 9.17) is 5.11 Å². The molecule has 2 aliphatic rings. The molecule has 0 saturated heterocycles. The number of hydrogen-bond acceptors (Lipinski definition) is 2. The number of hydrogen-bond donors (Lipinski definition) is 1. The number of carbonyl (C=O) groups is 2. The molecule has 0 heterocycles. The topological polar surface area (TPSA) is 57.6 Å². The summed E-state index contributed by atoms with van der Waals surface area (Å²) in [4.78, 5) is 24.4. The van der Waals surface area contributed by atoms with Crippen LogP contribution >= 0.6 is 0 Å². The second kappa shape index (κ2) is 2.97. The van der Waals surface area contributed by atoms with Gasteiger partial charge in [-0.25, -0.2) is 0 Å². The smallest absolute Gasteiger partial charge is 0.319 e. The van der Waals surface area contributed by atoms with Gasteiger partial charge in [0.2, 0.25) is 5.91 Å². The van der Waals surface area contributed by atoms with Gasteiger partial charge in [0.1, 0.15) is 5.41 Å². The zero-order chi connectivity index (χ0) is 10.3. The fraction of sp³-hybridized carbons (Fsp3) is 0.800. The molecule has 0 aromatic rings. The standard InChI is InChI=1S/C10H15NO3/c1-11(7-3-2-4-7)8(12)10(5-6-10)9(13)14/h7H,2-6H2,1H3,(H,13,14). The highest BCUT2D eigenvalue weighted by Crippen LogP contribution is 2.48. The predicted molar refractivity (Wildman–Crippen MR) is 49.7 cm³/mol. The number of amides is 1. The van der Waals surface area contributed by atoms with E-state index in [0.29, 0.717) is 18.9 Å². The summed E-state index contributed by atoms with van der Waals surface area (Å²) in [6, 6.07) is 0.291. The van der Waals surface area contributed by atoms with Crippen molar-refractivity contribution in [2.45, 2.75) is 38.1 Å². The first-order chi connectivity index (χ1) is 6.58. The molecular weight excluding hydrogens is 182 g/mol. The molecule has 0 spiro atoms. The van der Waals surface area contributed by atoms with Crippen LogP contribution in [0, 0.1) is 5.41 Å². The first kappa shape index (κ1) is 9.49.